The highest BCUT2D eigenvalue weighted by Gasteiger charge is 2.01. The summed E-state index contributed by atoms with van der Waals surface area (Å²) in [6, 6.07) is 9.92. The zero-order valence-corrected chi connectivity index (χ0v) is 11.2. The van der Waals surface area contributed by atoms with Crippen molar-refractivity contribution in [2.45, 2.75) is 24.6 Å². The zero-order chi connectivity index (χ0) is 13.0. The van der Waals surface area contributed by atoms with Crippen LogP contribution in [-0.2, 0) is 5.75 Å². The summed E-state index contributed by atoms with van der Waals surface area (Å²) in [6.45, 7) is 4.07. The molecule has 0 aliphatic rings. The lowest BCUT2D eigenvalue weighted by Gasteiger charge is -2.04. The Kier molecular flexibility index (Phi) is 3.96. The van der Waals surface area contributed by atoms with E-state index in [1.165, 1.54) is 5.56 Å². The van der Waals surface area contributed by atoms with Gasteiger partial charge in [0.1, 0.15) is 11.8 Å². The third kappa shape index (κ3) is 3.31. The topological polar surface area (TPSA) is 49.6 Å². The summed E-state index contributed by atoms with van der Waals surface area (Å²) in [5, 5.41) is 9.80. The molecule has 0 spiro atoms. The molecular weight excluding hydrogens is 242 g/mol. The number of hydrogen-bond acceptors (Lipinski definition) is 4. The summed E-state index contributed by atoms with van der Waals surface area (Å²) in [5.41, 5.74) is 3.80. The largest absolute Gasteiger partial charge is 0.247 e. The van der Waals surface area contributed by atoms with Gasteiger partial charge in [0.15, 0.2) is 0 Å². The van der Waals surface area contributed by atoms with Crippen molar-refractivity contribution in [2.75, 3.05) is 0 Å². The van der Waals surface area contributed by atoms with Crippen molar-refractivity contribution >= 4 is 11.8 Å². The average molecular weight is 255 g/mol. The van der Waals surface area contributed by atoms with E-state index in [0.29, 0.717) is 5.69 Å². The van der Waals surface area contributed by atoms with Gasteiger partial charge in [-0.05, 0) is 49.2 Å². The van der Waals surface area contributed by atoms with Crippen LogP contribution in [0.15, 0.2) is 35.5 Å². The highest BCUT2D eigenvalue weighted by Crippen LogP contribution is 2.22. The number of aromatic nitrogens is 2. The highest BCUT2D eigenvalue weighted by atomic mass is 32.2. The van der Waals surface area contributed by atoms with Crippen LogP contribution in [0.5, 0.6) is 0 Å². The fourth-order valence-electron chi connectivity index (χ4n) is 1.66. The molecule has 0 N–H and O–H groups in total. The first kappa shape index (κ1) is 12.6. The van der Waals surface area contributed by atoms with Crippen LogP contribution >= 0.6 is 11.8 Å². The molecule has 2 rings (SSSR count). The Morgan fingerprint density at radius 1 is 1.28 bits per heavy atom. The fourth-order valence-corrected chi connectivity index (χ4v) is 2.63. The molecule has 0 bridgehead atoms. The molecule has 18 heavy (non-hydrogen) atoms. The van der Waals surface area contributed by atoms with E-state index in [2.05, 4.69) is 29.0 Å². The number of hydrogen-bond donors (Lipinski definition) is 0. The van der Waals surface area contributed by atoms with Gasteiger partial charge in [-0.15, -0.1) is 11.8 Å². The number of rotatable bonds is 3. The molecule has 0 aromatic carbocycles. The molecule has 0 saturated carbocycles. The maximum Gasteiger partial charge on any atom is 0.140 e. The van der Waals surface area contributed by atoms with Gasteiger partial charge in [0, 0.05) is 17.6 Å². The molecule has 2 aromatic rings. The van der Waals surface area contributed by atoms with Gasteiger partial charge < -0.3 is 0 Å². The van der Waals surface area contributed by atoms with Crippen molar-refractivity contribution in [2.24, 2.45) is 0 Å². The lowest BCUT2D eigenvalue weighted by molar-refractivity contribution is 1.05. The Morgan fingerprint density at radius 3 is 2.83 bits per heavy atom. The molecule has 0 radical (unpaired) electrons. The third-order valence-corrected chi connectivity index (χ3v) is 3.38. The molecule has 0 aliphatic heterocycles. The fraction of sp³-hybridized carbons (Fsp3) is 0.214. The van der Waals surface area contributed by atoms with Crippen molar-refractivity contribution < 1.29 is 0 Å². The van der Waals surface area contributed by atoms with E-state index >= 15 is 0 Å². The van der Waals surface area contributed by atoms with Gasteiger partial charge in [0.05, 0.1) is 5.03 Å². The second-order valence-electron chi connectivity index (χ2n) is 4.07. The monoisotopic (exact) mass is 255 g/mol. The van der Waals surface area contributed by atoms with E-state index in [9.17, 15) is 0 Å². The van der Waals surface area contributed by atoms with Gasteiger partial charge >= 0.3 is 0 Å². The number of nitrogens with zero attached hydrogens (tertiary/aromatic N) is 3. The molecular formula is C14H13N3S. The van der Waals surface area contributed by atoms with Crippen molar-refractivity contribution in [3.8, 4) is 6.07 Å². The van der Waals surface area contributed by atoms with E-state index in [0.717, 1.165) is 22.0 Å². The maximum absolute atomic E-state index is 8.79. The molecule has 0 aliphatic carbocycles. The van der Waals surface area contributed by atoms with Gasteiger partial charge in [-0.3, -0.25) is 0 Å². The third-order valence-electron chi connectivity index (χ3n) is 2.40. The predicted molar refractivity (Wildman–Crippen MR) is 72.2 cm³/mol. The van der Waals surface area contributed by atoms with Gasteiger partial charge in [-0.1, -0.05) is 0 Å². The van der Waals surface area contributed by atoms with Crippen molar-refractivity contribution in [3.63, 3.8) is 0 Å². The van der Waals surface area contributed by atoms with Gasteiger partial charge in [-0.2, -0.15) is 5.26 Å². The zero-order valence-electron chi connectivity index (χ0n) is 10.3. The van der Waals surface area contributed by atoms with Crippen LogP contribution < -0.4 is 0 Å². The first-order chi connectivity index (χ1) is 8.67. The Hall–Kier alpha value is -1.86. The summed E-state index contributed by atoms with van der Waals surface area (Å²) in [5.74, 6) is 0.799. The van der Waals surface area contributed by atoms with Crippen LogP contribution in [0.2, 0.25) is 0 Å². The molecule has 2 aromatic heterocycles. The summed E-state index contributed by atoms with van der Waals surface area (Å²) >= 11 is 1.67. The van der Waals surface area contributed by atoms with E-state index in [1.54, 1.807) is 18.0 Å². The second kappa shape index (κ2) is 5.65. The molecule has 0 saturated heterocycles. The minimum Gasteiger partial charge on any atom is -0.247 e. The van der Waals surface area contributed by atoms with E-state index in [-0.39, 0.29) is 0 Å². The first-order valence-corrected chi connectivity index (χ1v) is 6.59. The smallest absolute Gasteiger partial charge is 0.140 e. The number of aryl methyl sites for hydroxylation is 2. The standard InChI is InChI=1S/C14H13N3S/c1-10-5-11(2)17-14(6-10)18-9-12-3-4-16-13(7-12)8-15/h3-7H,9H2,1-2H3. The number of thioether (sulfide) groups is 1. The SMILES string of the molecule is Cc1cc(C)nc(SCc2ccnc(C#N)c2)c1. The Bertz CT molecular complexity index is 582. The molecule has 90 valence electrons. The van der Waals surface area contributed by atoms with E-state index < -0.39 is 0 Å². The number of pyridine rings is 2. The lowest BCUT2D eigenvalue weighted by Crippen LogP contribution is -1.89. The normalized spacial score (nSPS) is 10.1. The average Bonchev–Trinajstić information content (AvgIpc) is 2.35. The molecule has 2 heterocycles. The Morgan fingerprint density at radius 2 is 2.11 bits per heavy atom. The lowest BCUT2D eigenvalue weighted by atomic mass is 10.2. The first-order valence-electron chi connectivity index (χ1n) is 5.60. The van der Waals surface area contributed by atoms with Crippen LogP contribution in [-0.4, -0.2) is 9.97 Å². The van der Waals surface area contributed by atoms with Gasteiger partial charge in [-0.25, -0.2) is 9.97 Å². The van der Waals surface area contributed by atoms with Crippen LogP contribution in [0.1, 0.15) is 22.5 Å². The molecule has 0 fully saturated rings. The minimum absolute atomic E-state index is 0.460. The maximum atomic E-state index is 8.79. The van der Waals surface area contributed by atoms with Crippen molar-refractivity contribution in [3.05, 3.63) is 53.0 Å². The van der Waals surface area contributed by atoms with Crippen molar-refractivity contribution in [1.82, 2.24) is 9.97 Å². The molecule has 0 unspecified atom stereocenters. The van der Waals surface area contributed by atoms with Gasteiger partial charge in [0.25, 0.3) is 0 Å². The van der Waals surface area contributed by atoms with Gasteiger partial charge in [0.2, 0.25) is 0 Å². The summed E-state index contributed by atoms with van der Waals surface area (Å²) in [4.78, 5) is 8.43. The summed E-state index contributed by atoms with van der Waals surface area (Å²) in [6.07, 6.45) is 1.67. The van der Waals surface area contributed by atoms with Crippen LogP contribution in [0.25, 0.3) is 0 Å². The predicted octanol–water partition coefficient (Wildman–Crippen LogP) is 3.26. The van der Waals surface area contributed by atoms with Crippen LogP contribution in [0.4, 0.5) is 0 Å². The Balaban J connectivity index is 2.09. The summed E-state index contributed by atoms with van der Waals surface area (Å²) in [7, 11) is 0. The second-order valence-corrected chi connectivity index (χ2v) is 5.07. The van der Waals surface area contributed by atoms with Crippen LogP contribution in [0.3, 0.4) is 0 Å². The van der Waals surface area contributed by atoms with E-state index in [4.69, 9.17) is 5.26 Å². The Labute approximate surface area is 111 Å². The quantitative estimate of drug-likeness (QED) is 0.790. The minimum atomic E-state index is 0.460. The number of nitriles is 1. The van der Waals surface area contributed by atoms with Crippen LogP contribution in [0, 0.1) is 25.2 Å². The molecule has 0 amide bonds. The van der Waals surface area contributed by atoms with Crippen molar-refractivity contribution in [1.29, 1.82) is 5.26 Å². The molecule has 4 heteroatoms. The molecule has 3 nitrogen and oxygen atoms in total. The summed E-state index contributed by atoms with van der Waals surface area (Å²) < 4.78 is 0. The molecule has 0 atom stereocenters. The highest BCUT2D eigenvalue weighted by molar-refractivity contribution is 7.98. The van der Waals surface area contributed by atoms with E-state index in [1.807, 2.05) is 25.1 Å².